The van der Waals surface area contributed by atoms with E-state index in [0.717, 1.165) is 63.5 Å². The van der Waals surface area contributed by atoms with Crippen molar-refractivity contribution in [3.8, 4) is 0 Å². The molecule has 314 valence electrons. The van der Waals surface area contributed by atoms with Crippen LogP contribution in [-0.2, 0) is 25.6 Å². The summed E-state index contributed by atoms with van der Waals surface area (Å²) in [5.74, 6) is -1.83. The molecule has 0 aliphatic carbocycles. The molecule has 9 heteroatoms. The van der Waals surface area contributed by atoms with Gasteiger partial charge >= 0.3 is 5.97 Å². The molecule has 0 heterocycles. The van der Waals surface area contributed by atoms with Gasteiger partial charge < -0.3 is 5.11 Å². The number of carboxylic acid groups (broad SMARTS) is 1. The second-order valence-corrected chi connectivity index (χ2v) is 19.7. The molecule has 0 aliphatic rings. The van der Waals surface area contributed by atoms with Gasteiger partial charge in [-0.15, -0.1) is 0 Å². The molecule has 0 aliphatic heterocycles. The summed E-state index contributed by atoms with van der Waals surface area (Å²) in [4.78, 5) is 11.8. The SMILES string of the molecule is CCCCCCCCCCCCCCCCN(CCCCCCCCCCCCCCCC)S(=O)(=O)c1ccc(S(=O)(=O)Cc2ccccc2)c(C(=O)O)c1. The summed E-state index contributed by atoms with van der Waals surface area (Å²) in [5.41, 5.74) is 0.0213. The summed E-state index contributed by atoms with van der Waals surface area (Å²) in [6, 6.07) is 12.0. The second kappa shape index (κ2) is 29.9. The molecule has 0 amide bonds. The maximum atomic E-state index is 14.1. The van der Waals surface area contributed by atoms with Gasteiger partial charge in [-0.25, -0.2) is 21.6 Å². The van der Waals surface area contributed by atoms with Crippen LogP contribution >= 0.6 is 0 Å². The smallest absolute Gasteiger partial charge is 0.337 e. The van der Waals surface area contributed by atoms with E-state index >= 15 is 0 Å². The van der Waals surface area contributed by atoms with Crippen molar-refractivity contribution < 1.29 is 26.7 Å². The lowest BCUT2D eigenvalue weighted by Gasteiger charge is -2.23. The van der Waals surface area contributed by atoms with Gasteiger partial charge in [0.15, 0.2) is 9.84 Å². The molecular weight excluding hydrogens is 727 g/mol. The number of hydrogen-bond donors (Lipinski definition) is 1. The zero-order valence-corrected chi connectivity index (χ0v) is 36.4. The highest BCUT2D eigenvalue weighted by molar-refractivity contribution is 7.90. The third kappa shape index (κ3) is 21.2. The van der Waals surface area contributed by atoms with Gasteiger partial charge in [-0.3, -0.25) is 0 Å². The summed E-state index contributed by atoms with van der Waals surface area (Å²) in [6.07, 6.45) is 34.1. The van der Waals surface area contributed by atoms with Gasteiger partial charge in [-0.05, 0) is 36.6 Å². The Bertz CT molecular complexity index is 1460. The number of sulfonamides is 1. The lowest BCUT2D eigenvalue weighted by atomic mass is 10.0. The molecule has 0 aromatic heterocycles. The average molecular weight is 804 g/mol. The molecule has 2 aromatic carbocycles. The molecule has 0 spiro atoms. The fourth-order valence-corrected chi connectivity index (χ4v) is 10.5. The monoisotopic (exact) mass is 804 g/mol. The third-order valence-electron chi connectivity index (χ3n) is 10.9. The van der Waals surface area contributed by atoms with Gasteiger partial charge in [0.1, 0.15) is 0 Å². The van der Waals surface area contributed by atoms with Crippen molar-refractivity contribution in [2.75, 3.05) is 13.1 Å². The molecule has 2 aromatic rings. The quantitative estimate of drug-likeness (QED) is 0.0687. The normalized spacial score (nSPS) is 12.1. The molecule has 0 unspecified atom stereocenters. The van der Waals surface area contributed by atoms with Gasteiger partial charge in [0.05, 0.1) is 21.1 Å². The Morgan fingerprint density at radius 1 is 0.509 bits per heavy atom. The summed E-state index contributed by atoms with van der Waals surface area (Å²) >= 11 is 0. The van der Waals surface area contributed by atoms with E-state index < -0.39 is 31.4 Å². The van der Waals surface area contributed by atoms with Gasteiger partial charge in [0.2, 0.25) is 10.0 Å². The minimum absolute atomic E-state index is 0.167. The zero-order valence-electron chi connectivity index (χ0n) is 34.8. The number of carboxylic acids is 1. The fraction of sp³-hybridized carbons (Fsp3) is 0.717. The topological polar surface area (TPSA) is 109 Å². The first-order valence-corrected chi connectivity index (χ1v) is 25.4. The average Bonchev–Trinajstić information content (AvgIpc) is 3.17. The summed E-state index contributed by atoms with van der Waals surface area (Å²) in [5, 5.41) is 10.0. The number of unbranched alkanes of at least 4 members (excludes halogenated alkanes) is 26. The Labute approximate surface area is 337 Å². The molecule has 0 fully saturated rings. The highest BCUT2D eigenvalue weighted by Gasteiger charge is 2.29. The Balaban J connectivity index is 1.93. The summed E-state index contributed by atoms with van der Waals surface area (Å²) < 4.78 is 56.3. The van der Waals surface area contributed by atoms with Crippen LogP contribution in [0.2, 0.25) is 0 Å². The van der Waals surface area contributed by atoms with E-state index in [2.05, 4.69) is 13.8 Å². The van der Waals surface area contributed by atoms with Crippen LogP contribution in [0.25, 0.3) is 0 Å². The number of carbonyl (C=O) groups is 1. The first-order chi connectivity index (χ1) is 26.6. The van der Waals surface area contributed by atoms with Crippen LogP contribution < -0.4 is 0 Å². The van der Waals surface area contributed by atoms with Crippen molar-refractivity contribution in [3.63, 3.8) is 0 Å². The van der Waals surface area contributed by atoms with E-state index in [0.29, 0.717) is 18.7 Å². The largest absolute Gasteiger partial charge is 0.478 e. The van der Waals surface area contributed by atoms with Crippen molar-refractivity contribution in [1.29, 1.82) is 0 Å². The number of aromatic carboxylic acids is 1. The van der Waals surface area contributed by atoms with Gasteiger partial charge in [-0.2, -0.15) is 4.31 Å². The number of sulfone groups is 1. The number of benzene rings is 2. The second-order valence-electron chi connectivity index (χ2n) is 15.8. The maximum absolute atomic E-state index is 14.1. The van der Waals surface area contributed by atoms with E-state index in [1.54, 1.807) is 30.3 Å². The summed E-state index contributed by atoms with van der Waals surface area (Å²) in [7, 11) is -8.07. The van der Waals surface area contributed by atoms with E-state index in [1.807, 2.05) is 0 Å². The lowest BCUT2D eigenvalue weighted by molar-refractivity contribution is 0.0692. The van der Waals surface area contributed by atoms with Crippen LogP contribution in [0.4, 0.5) is 0 Å². The standard InChI is InChI=1S/C46H77NO6S2/c1-3-5-7-9-11-13-15-17-19-21-23-25-27-32-38-47(39-33-28-26-24-22-20-18-16-14-12-10-8-6-4-2)55(52,53)43-36-37-45(44(40-43)46(48)49)54(50,51)41-42-34-30-29-31-35-42/h29-31,34-37,40H,3-28,32-33,38-39,41H2,1-2H3,(H,48,49). The molecule has 0 saturated carbocycles. The molecule has 0 radical (unpaired) electrons. The van der Waals surface area contributed by atoms with Crippen LogP contribution in [0.1, 0.15) is 210 Å². The molecular formula is C46H77NO6S2. The van der Waals surface area contributed by atoms with E-state index in [-0.39, 0.29) is 15.5 Å². The highest BCUT2D eigenvalue weighted by atomic mass is 32.2. The van der Waals surface area contributed by atoms with Crippen LogP contribution in [-0.4, -0.2) is 45.3 Å². The maximum Gasteiger partial charge on any atom is 0.337 e. The minimum Gasteiger partial charge on any atom is -0.478 e. The number of nitrogens with zero attached hydrogens (tertiary/aromatic N) is 1. The van der Waals surface area contributed by atoms with Crippen molar-refractivity contribution >= 4 is 25.8 Å². The number of hydrogen-bond acceptors (Lipinski definition) is 5. The van der Waals surface area contributed by atoms with Gasteiger partial charge in [-0.1, -0.05) is 211 Å². The molecule has 1 N–H and O–H groups in total. The predicted octanol–water partition coefficient (Wildman–Crippen LogP) is 13.3. The van der Waals surface area contributed by atoms with Crippen molar-refractivity contribution in [2.45, 2.75) is 209 Å². The Morgan fingerprint density at radius 2 is 0.873 bits per heavy atom. The summed E-state index contributed by atoms with van der Waals surface area (Å²) in [6.45, 7) is 5.25. The molecule has 0 bridgehead atoms. The Morgan fingerprint density at radius 3 is 1.24 bits per heavy atom. The van der Waals surface area contributed by atoms with Gasteiger partial charge in [0.25, 0.3) is 0 Å². The minimum atomic E-state index is -4.04. The third-order valence-corrected chi connectivity index (χ3v) is 14.5. The molecule has 0 atom stereocenters. The first kappa shape index (κ1) is 48.9. The van der Waals surface area contributed by atoms with Crippen LogP contribution in [0.15, 0.2) is 58.3 Å². The van der Waals surface area contributed by atoms with Gasteiger partial charge in [0, 0.05) is 13.1 Å². The van der Waals surface area contributed by atoms with E-state index in [9.17, 15) is 26.7 Å². The molecule has 2 rings (SSSR count). The van der Waals surface area contributed by atoms with E-state index in [4.69, 9.17) is 0 Å². The van der Waals surface area contributed by atoms with Crippen molar-refractivity contribution in [2.24, 2.45) is 0 Å². The molecule has 7 nitrogen and oxygen atoms in total. The molecule has 55 heavy (non-hydrogen) atoms. The number of rotatable bonds is 36. The zero-order chi connectivity index (χ0) is 40.0. The van der Waals surface area contributed by atoms with Crippen molar-refractivity contribution in [3.05, 3.63) is 59.7 Å². The lowest BCUT2D eigenvalue weighted by Crippen LogP contribution is -2.33. The van der Waals surface area contributed by atoms with Crippen LogP contribution in [0.3, 0.4) is 0 Å². The Hall–Kier alpha value is -2.23. The first-order valence-electron chi connectivity index (χ1n) is 22.3. The van der Waals surface area contributed by atoms with E-state index in [1.165, 1.54) is 139 Å². The molecule has 0 saturated heterocycles. The van der Waals surface area contributed by atoms with Crippen LogP contribution in [0.5, 0.6) is 0 Å². The fourth-order valence-electron chi connectivity index (χ4n) is 7.45. The van der Waals surface area contributed by atoms with Crippen LogP contribution in [0, 0.1) is 0 Å². The van der Waals surface area contributed by atoms with Crippen molar-refractivity contribution in [1.82, 2.24) is 4.31 Å². The highest BCUT2D eigenvalue weighted by Crippen LogP contribution is 2.27. The predicted molar refractivity (Wildman–Crippen MR) is 230 cm³/mol. The Kier molecular flexibility index (Phi) is 26.6.